The maximum Gasteiger partial charge on any atom is 0.254 e. The second-order valence-corrected chi connectivity index (χ2v) is 5.88. The number of carbonyl (C=O) groups excluding carboxylic acids is 1. The third-order valence-corrected chi connectivity index (χ3v) is 4.36. The molecular weight excluding hydrogens is 278 g/mol. The first-order valence-electron chi connectivity index (χ1n) is 6.94. The number of carbonyl (C=O) groups is 1. The number of hydrogen-bond donors (Lipinski definition) is 0. The van der Waals surface area contributed by atoms with Gasteiger partial charge >= 0.3 is 0 Å². The van der Waals surface area contributed by atoms with E-state index in [2.05, 4.69) is 6.92 Å². The molecule has 108 valence electrons. The lowest BCUT2D eigenvalue weighted by Gasteiger charge is -2.26. The van der Waals surface area contributed by atoms with Crippen LogP contribution in [0.5, 0.6) is 11.5 Å². The smallest absolute Gasteiger partial charge is 0.254 e. The molecule has 0 aromatic heterocycles. The average Bonchev–Trinajstić information content (AvgIpc) is 3.29. The van der Waals surface area contributed by atoms with E-state index in [0.29, 0.717) is 41.2 Å². The summed E-state index contributed by atoms with van der Waals surface area (Å²) in [5.41, 5.74) is 0.550. The number of nitrogens with zero attached hydrogens (tertiary/aromatic N) is 1. The van der Waals surface area contributed by atoms with Crippen molar-refractivity contribution in [1.29, 1.82) is 0 Å². The molecule has 1 fully saturated rings. The van der Waals surface area contributed by atoms with Crippen LogP contribution in [0.2, 0.25) is 5.02 Å². The molecule has 3 rings (SSSR count). The molecule has 0 radical (unpaired) electrons. The Kier molecular flexibility index (Phi) is 3.50. The second kappa shape index (κ2) is 5.17. The van der Waals surface area contributed by atoms with E-state index in [1.807, 2.05) is 7.05 Å². The molecule has 1 aromatic carbocycles. The summed E-state index contributed by atoms with van der Waals surface area (Å²) < 4.78 is 11.0. The number of ether oxygens (including phenoxy) is 2. The van der Waals surface area contributed by atoms with E-state index in [9.17, 15) is 4.79 Å². The Morgan fingerprint density at radius 1 is 1.35 bits per heavy atom. The van der Waals surface area contributed by atoms with Crippen molar-refractivity contribution < 1.29 is 14.3 Å². The van der Waals surface area contributed by atoms with Gasteiger partial charge in [0.2, 0.25) is 0 Å². The summed E-state index contributed by atoms with van der Waals surface area (Å²) in [6, 6.07) is 3.64. The van der Waals surface area contributed by atoms with Crippen molar-refractivity contribution >= 4 is 17.5 Å². The zero-order chi connectivity index (χ0) is 14.3. The Morgan fingerprint density at radius 3 is 2.75 bits per heavy atom. The van der Waals surface area contributed by atoms with Crippen LogP contribution >= 0.6 is 11.6 Å². The summed E-state index contributed by atoms with van der Waals surface area (Å²) >= 11 is 6.17. The van der Waals surface area contributed by atoms with Crippen molar-refractivity contribution in [3.8, 4) is 11.5 Å². The second-order valence-electron chi connectivity index (χ2n) is 5.48. The minimum atomic E-state index is -0.0247. The highest BCUT2D eigenvalue weighted by atomic mass is 35.5. The van der Waals surface area contributed by atoms with Gasteiger partial charge in [0.1, 0.15) is 13.2 Å². The normalized spacial score (nSPS) is 18.6. The quantitative estimate of drug-likeness (QED) is 0.860. The molecule has 0 spiro atoms. The SMILES string of the molecule is C[C@@H](C1CC1)N(C)C(=O)c1cc(Cl)c2c(c1)OCCO2. The third-order valence-electron chi connectivity index (χ3n) is 4.08. The third kappa shape index (κ3) is 2.44. The number of hydrogen-bond acceptors (Lipinski definition) is 3. The van der Waals surface area contributed by atoms with Crippen molar-refractivity contribution in [2.75, 3.05) is 20.3 Å². The van der Waals surface area contributed by atoms with Crippen LogP contribution in [0.1, 0.15) is 30.1 Å². The first kappa shape index (κ1) is 13.6. The molecule has 0 N–H and O–H groups in total. The predicted molar refractivity (Wildman–Crippen MR) is 76.7 cm³/mol. The Hall–Kier alpha value is -1.42. The molecule has 5 heteroatoms. The maximum atomic E-state index is 12.5. The van der Waals surface area contributed by atoms with E-state index in [-0.39, 0.29) is 11.9 Å². The number of fused-ring (bicyclic) bond motifs is 1. The lowest BCUT2D eigenvalue weighted by atomic mass is 10.1. The van der Waals surface area contributed by atoms with E-state index >= 15 is 0 Å². The molecule has 2 aliphatic rings. The van der Waals surface area contributed by atoms with Gasteiger partial charge in [-0.2, -0.15) is 0 Å². The highest BCUT2D eigenvalue weighted by Gasteiger charge is 2.33. The fourth-order valence-electron chi connectivity index (χ4n) is 2.52. The van der Waals surface area contributed by atoms with E-state index < -0.39 is 0 Å². The number of rotatable bonds is 3. The van der Waals surface area contributed by atoms with Crippen molar-refractivity contribution in [3.63, 3.8) is 0 Å². The van der Waals surface area contributed by atoms with Crippen LogP contribution in [0.4, 0.5) is 0 Å². The van der Waals surface area contributed by atoms with Crippen LogP contribution in [0.3, 0.4) is 0 Å². The topological polar surface area (TPSA) is 38.8 Å². The lowest BCUT2D eigenvalue weighted by Crippen LogP contribution is -2.36. The Morgan fingerprint density at radius 2 is 2.05 bits per heavy atom. The number of amides is 1. The van der Waals surface area contributed by atoms with Crippen LogP contribution in [0, 0.1) is 5.92 Å². The van der Waals surface area contributed by atoms with Gasteiger partial charge in [-0.3, -0.25) is 4.79 Å². The van der Waals surface area contributed by atoms with Crippen molar-refractivity contribution in [3.05, 3.63) is 22.7 Å². The van der Waals surface area contributed by atoms with Crippen molar-refractivity contribution in [2.24, 2.45) is 5.92 Å². The van der Waals surface area contributed by atoms with Gasteiger partial charge in [0, 0.05) is 18.7 Å². The largest absolute Gasteiger partial charge is 0.486 e. The minimum absolute atomic E-state index is 0.0247. The minimum Gasteiger partial charge on any atom is -0.486 e. The van der Waals surface area contributed by atoms with Gasteiger partial charge in [-0.05, 0) is 37.8 Å². The molecule has 1 aliphatic carbocycles. The number of halogens is 1. The van der Waals surface area contributed by atoms with Crippen LogP contribution in [-0.4, -0.2) is 37.1 Å². The lowest BCUT2D eigenvalue weighted by molar-refractivity contribution is 0.0726. The summed E-state index contributed by atoms with van der Waals surface area (Å²) in [5, 5.41) is 0.429. The molecule has 1 amide bonds. The molecule has 0 bridgehead atoms. The number of benzene rings is 1. The summed E-state index contributed by atoms with van der Waals surface area (Å²) in [5.74, 6) is 1.70. The monoisotopic (exact) mass is 295 g/mol. The molecule has 20 heavy (non-hydrogen) atoms. The fraction of sp³-hybridized carbons (Fsp3) is 0.533. The van der Waals surface area contributed by atoms with Gasteiger partial charge in [-0.15, -0.1) is 0 Å². The van der Waals surface area contributed by atoms with Gasteiger partial charge in [-0.25, -0.2) is 0 Å². The Bertz CT molecular complexity index is 542. The molecule has 1 aliphatic heterocycles. The first-order valence-corrected chi connectivity index (χ1v) is 7.32. The molecule has 1 atom stereocenters. The maximum absolute atomic E-state index is 12.5. The zero-order valence-corrected chi connectivity index (χ0v) is 12.4. The molecule has 1 heterocycles. The standard InChI is InChI=1S/C15H18ClNO3/c1-9(10-3-4-10)17(2)15(18)11-7-12(16)14-13(8-11)19-5-6-20-14/h7-10H,3-6H2,1-2H3/t9-/m0/s1. The predicted octanol–water partition coefficient (Wildman–Crippen LogP) is 2.98. The zero-order valence-electron chi connectivity index (χ0n) is 11.7. The van der Waals surface area contributed by atoms with Gasteiger partial charge in [0.15, 0.2) is 11.5 Å². The van der Waals surface area contributed by atoms with E-state index in [1.165, 1.54) is 12.8 Å². The average molecular weight is 296 g/mol. The van der Waals surface area contributed by atoms with Gasteiger partial charge in [0.05, 0.1) is 5.02 Å². The summed E-state index contributed by atoms with van der Waals surface area (Å²) in [6.45, 7) is 3.06. The fourth-order valence-corrected chi connectivity index (χ4v) is 2.78. The van der Waals surface area contributed by atoms with Crippen LogP contribution in [-0.2, 0) is 0 Å². The highest BCUT2D eigenvalue weighted by Crippen LogP contribution is 2.39. The molecule has 4 nitrogen and oxygen atoms in total. The highest BCUT2D eigenvalue weighted by molar-refractivity contribution is 6.32. The molecule has 0 unspecified atom stereocenters. The molecule has 0 saturated heterocycles. The Balaban J connectivity index is 1.85. The molecule has 1 saturated carbocycles. The summed E-state index contributed by atoms with van der Waals surface area (Å²) in [6.07, 6.45) is 2.42. The van der Waals surface area contributed by atoms with Crippen LogP contribution in [0.25, 0.3) is 0 Å². The van der Waals surface area contributed by atoms with E-state index in [1.54, 1.807) is 17.0 Å². The Labute approximate surface area is 123 Å². The van der Waals surface area contributed by atoms with E-state index in [4.69, 9.17) is 21.1 Å². The van der Waals surface area contributed by atoms with Crippen molar-refractivity contribution in [2.45, 2.75) is 25.8 Å². The summed E-state index contributed by atoms with van der Waals surface area (Å²) in [7, 11) is 1.84. The van der Waals surface area contributed by atoms with Crippen molar-refractivity contribution in [1.82, 2.24) is 4.90 Å². The van der Waals surface area contributed by atoms with Crippen LogP contribution in [0.15, 0.2) is 12.1 Å². The summed E-state index contributed by atoms with van der Waals surface area (Å²) in [4.78, 5) is 14.3. The van der Waals surface area contributed by atoms with Gasteiger partial charge < -0.3 is 14.4 Å². The van der Waals surface area contributed by atoms with Crippen LogP contribution < -0.4 is 9.47 Å². The van der Waals surface area contributed by atoms with Gasteiger partial charge in [0.25, 0.3) is 5.91 Å². The van der Waals surface area contributed by atoms with E-state index in [0.717, 1.165) is 0 Å². The molecule has 1 aromatic rings. The first-order chi connectivity index (χ1) is 9.58. The molecular formula is C15H18ClNO3. The van der Waals surface area contributed by atoms with Gasteiger partial charge in [-0.1, -0.05) is 11.6 Å².